The zero-order chi connectivity index (χ0) is 15.2. The molecule has 21 heavy (non-hydrogen) atoms. The average Bonchev–Trinajstić information content (AvgIpc) is 2.48. The van der Waals surface area contributed by atoms with E-state index in [0.29, 0.717) is 0 Å². The Morgan fingerprint density at radius 3 is 2.67 bits per heavy atom. The normalized spacial score (nSPS) is 19.8. The van der Waals surface area contributed by atoms with E-state index in [-0.39, 0.29) is 24.2 Å². The van der Waals surface area contributed by atoms with Crippen LogP contribution in [0.4, 0.5) is 5.69 Å². The van der Waals surface area contributed by atoms with Gasteiger partial charge in [0, 0.05) is 12.2 Å². The first kappa shape index (κ1) is 15.5. The van der Waals surface area contributed by atoms with Gasteiger partial charge in [0.05, 0.1) is 12.3 Å². The van der Waals surface area contributed by atoms with Gasteiger partial charge in [-0.1, -0.05) is 19.1 Å². The van der Waals surface area contributed by atoms with Crippen molar-refractivity contribution in [1.29, 1.82) is 0 Å². The summed E-state index contributed by atoms with van der Waals surface area (Å²) in [5.74, 6) is -0.752. The van der Waals surface area contributed by atoms with Crippen molar-refractivity contribution in [3.63, 3.8) is 0 Å². The van der Waals surface area contributed by atoms with Crippen molar-refractivity contribution in [3.05, 3.63) is 29.8 Å². The number of rotatable bonds is 5. The first-order chi connectivity index (χ1) is 10.1. The van der Waals surface area contributed by atoms with E-state index >= 15 is 0 Å². The Bertz CT molecular complexity index is 493. The minimum atomic E-state index is -0.801. The summed E-state index contributed by atoms with van der Waals surface area (Å²) in [6.07, 6.45) is 2.07. The second kappa shape index (κ2) is 7.22. The molecule has 1 heterocycles. The number of anilines is 1. The molecule has 1 aromatic rings. The minimum Gasteiger partial charge on any atom is -0.481 e. The Kier molecular flexibility index (Phi) is 5.33. The molecule has 2 rings (SSSR count). The summed E-state index contributed by atoms with van der Waals surface area (Å²) in [6, 6.07) is 7.42. The van der Waals surface area contributed by atoms with Crippen molar-refractivity contribution in [1.82, 2.24) is 5.32 Å². The number of piperidine rings is 1. The van der Waals surface area contributed by atoms with Crippen molar-refractivity contribution < 1.29 is 14.7 Å². The molecule has 3 N–H and O–H groups in total. The Morgan fingerprint density at radius 1 is 1.38 bits per heavy atom. The summed E-state index contributed by atoms with van der Waals surface area (Å²) < 4.78 is 0. The number of carbonyl (C=O) groups is 2. The van der Waals surface area contributed by atoms with Crippen LogP contribution in [-0.2, 0) is 9.59 Å². The van der Waals surface area contributed by atoms with E-state index in [2.05, 4.69) is 10.6 Å². The first-order valence-corrected chi connectivity index (χ1v) is 7.39. The third-order valence-corrected chi connectivity index (χ3v) is 3.90. The van der Waals surface area contributed by atoms with Crippen molar-refractivity contribution in [2.24, 2.45) is 5.92 Å². The molecule has 5 nitrogen and oxygen atoms in total. The van der Waals surface area contributed by atoms with E-state index in [4.69, 9.17) is 5.11 Å². The second-order valence-electron chi connectivity index (χ2n) is 5.65. The Hall–Kier alpha value is -1.88. The molecule has 1 aromatic carbocycles. The third-order valence-electron chi connectivity index (χ3n) is 3.90. The molecule has 1 fully saturated rings. The molecule has 2 atom stereocenters. The van der Waals surface area contributed by atoms with Gasteiger partial charge < -0.3 is 15.7 Å². The molecule has 5 heteroatoms. The van der Waals surface area contributed by atoms with E-state index in [9.17, 15) is 9.59 Å². The molecule has 1 unspecified atom stereocenters. The molecule has 1 saturated heterocycles. The molecule has 114 valence electrons. The average molecular weight is 290 g/mol. The summed E-state index contributed by atoms with van der Waals surface area (Å²) in [6.45, 7) is 3.61. The Labute approximate surface area is 124 Å². The fourth-order valence-corrected chi connectivity index (χ4v) is 2.59. The maximum Gasteiger partial charge on any atom is 0.303 e. The lowest BCUT2D eigenvalue weighted by Crippen LogP contribution is -2.37. The monoisotopic (exact) mass is 290 g/mol. The lowest BCUT2D eigenvalue weighted by atomic mass is 9.97. The quantitative estimate of drug-likeness (QED) is 0.777. The van der Waals surface area contributed by atoms with Gasteiger partial charge in [-0.15, -0.1) is 0 Å². The molecular weight excluding hydrogens is 268 g/mol. The standard InChI is InChI=1S/C16H22N2O3/c1-11(9-15(19)20)12-4-6-14(7-5-12)18-16(21)13-3-2-8-17-10-13/h4-7,11,13,17H,2-3,8-10H2,1H3,(H,18,21)(H,19,20)/t11?,13-/m1/s1. The minimum absolute atomic E-state index is 0.0318. The highest BCUT2D eigenvalue weighted by atomic mass is 16.4. The SMILES string of the molecule is CC(CC(=O)O)c1ccc(NC(=O)[C@@H]2CCCNC2)cc1. The van der Waals surface area contributed by atoms with Gasteiger partial charge in [0.15, 0.2) is 0 Å². The highest BCUT2D eigenvalue weighted by Gasteiger charge is 2.20. The highest BCUT2D eigenvalue weighted by Crippen LogP contribution is 2.21. The first-order valence-electron chi connectivity index (χ1n) is 7.39. The number of amides is 1. The number of aliphatic carboxylic acids is 1. The van der Waals surface area contributed by atoms with Crippen LogP contribution in [0.1, 0.15) is 37.7 Å². The number of carbonyl (C=O) groups excluding carboxylic acids is 1. The number of carboxylic acids is 1. The van der Waals surface area contributed by atoms with Crippen LogP contribution in [0.2, 0.25) is 0 Å². The summed E-state index contributed by atoms with van der Waals surface area (Å²) >= 11 is 0. The number of hydrogen-bond acceptors (Lipinski definition) is 3. The topological polar surface area (TPSA) is 78.4 Å². The van der Waals surface area contributed by atoms with Gasteiger partial charge in [-0.05, 0) is 43.0 Å². The number of carboxylic acid groups (broad SMARTS) is 1. The van der Waals surface area contributed by atoms with Crippen LogP contribution in [0.3, 0.4) is 0 Å². The van der Waals surface area contributed by atoms with Gasteiger partial charge in [0.2, 0.25) is 5.91 Å². The van der Waals surface area contributed by atoms with Gasteiger partial charge in [-0.25, -0.2) is 0 Å². The van der Waals surface area contributed by atoms with Gasteiger partial charge in [-0.2, -0.15) is 0 Å². The number of benzene rings is 1. The van der Waals surface area contributed by atoms with Gasteiger partial charge >= 0.3 is 5.97 Å². The summed E-state index contributed by atoms with van der Waals surface area (Å²) in [5.41, 5.74) is 1.73. The van der Waals surface area contributed by atoms with E-state index < -0.39 is 5.97 Å². The molecule has 0 spiro atoms. The predicted octanol–water partition coefficient (Wildman–Crippen LogP) is 2.20. The third kappa shape index (κ3) is 4.56. The van der Waals surface area contributed by atoms with Crippen LogP contribution in [-0.4, -0.2) is 30.1 Å². The summed E-state index contributed by atoms with van der Waals surface area (Å²) in [5, 5.41) is 15.0. The lowest BCUT2D eigenvalue weighted by molar-refractivity contribution is -0.137. The molecule has 1 amide bonds. The lowest BCUT2D eigenvalue weighted by Gasteiger charge is -2.22. The van der Waals surface area contributed by atoms with Crippen LogP contribution in [0.15, 0.2) is 24.3 Å². The van der Waals surface area contributed by atoms with Crippen LogP contribution >= 0.6 is 0 Å². The van der Waals surface area contributed by atoms with Crippen molar-refractivity contribution in [3.8, 4) is 0 Å². The molecule has 0 radical (unpaired) electrons. The highest BCUT2D eigenvalue weighted by molar-refractivity contribution is 5.92. The molecule has 1 aliphatic heterocycles. The number of nitrogens with one attached hydrogen (secondary N) is 2. The van der Waals surface area contributed by atoms with Crippen LogP contribution < -0.4 is 10.6 Å². The van der Waals surface area contributed by atoms with Crippen molar-refractivity contribution in [2.75, 3.05) is 18.4 Å². The van der Waals surface area contributed by atoms with Gasteiger partial charge in [0.1, 0.15) is 0 Å². The van der Waals surface area contributed by atoms with E-state index in [1.165, 1.54) is 0 Å². The maximum atomic E-state index is 12.1. The molecule has 0 aromatic heterocycles. The molecule has 0 aliphatic carbocycles. The molecule has 0 bridgehead atoms. The molecule has 1 aliphatic rings. The van der Waals surface area contributed by atoms with E-state index in [1.807, 2.05) is 31.2 Å². The largest absolute Gasteiger partial charge is 0.481 e. The number of hydrogen-bond donors (Lipinski definition) is 3. The fraction of sp³-hybridized carbons (Fsp3) is 0.500. The van der Waals surface area contributed by atoms with E-state index in [0.717, 1.165) is 37.2 Å². The maximum absolute atomic E-state index is 12.1. The van der Waals surface area contributed by atoms with Crippen molar-refractivity contribution in [2.45, 2.75) is 32.1 Å². The van der Waals surface area contributed by atoms with Crippen molar-refractivity contribution >= 4 is 17.6 Å². The Balaban J connectivity index is 1.92. The fourth-order valence-electron chi connectivity index (χ4n) is 2.59. The summed E-state index contributed by atoms with van der Waals surface area (Å²) in [7, 11) is 0. The second-order valence-corrected chi connectivity index (χ2v) is 5.65. The molecule has 0 saturated carbocycles. The molecular formula is C16H22N2O3. The smallest absolute Gasteiger partial charge is 0.303 e. The predicted molar refractivity (Wildman–Crippen MR) is 81.3 cm³/mol. The van der Waals surface area contributed by atoms with Crippen LogP contribution in [0, 0.1) is 5.92 Å². The zero-order valence-electron chi connectivity index (χ0n) is 12.3. The van der Waals surface area contributed by atoms with E-state index in [1.54, 1.807) is 0 Å². The van der Waals surface area contributed by atoms with Gasteiger partial charge in [-0.3, -0.25) is 9.59 Å². The Morgan fingerprint density at radius 2 is 2.10 bits per heavy atom. The van der Waals surface area contributed by atoms with Gasteiger partial charge in [0.25, 0.3) is 0 Å². The van der Waals surface area contributed by atoms with Crippen LogP contribution in [0.5, 0.6) is 0 Å². The van der Waals surface area contributed by atoms with Crippen LogP contribution in [0.25, 0.3) is 0 Å². The summed E-state index contributed by atoms with van der Waals surface area (Å²) in [4.78, 5) is 22.8. The zero-order valence-corrected chi connectivity index (χ0v) is 12.3.